The molecule has 1 unspecified atom stereocenters. The van der Waals surface area contributed by atoms with Crippen LogP contribution in [0.5, 0.6) is 0 Å². The fraction of sp³-hybridized carbons (Fsp3) is 0.600. The number of methoxy groups -OCH3 is 1. The Balaban J connectivity index is 2.01. The van der Waals surface area contributed by atoms with Crippen LogP contribution < -0.4 is 5.32 Å². The van der Waals surface area contributed by atoms with Gasteiger partial charge in [0.1, 0.15) is 0 Å². The monoisotopic (exact) mass is 301 g/mol. The predicted molar refractivity (Wildman–Crippen MR) is 81.4 cm³/mol. The predicted octanol–water partition coefficient (Wildman–Crippen LogP) is 2.67. The maximum absolute atomic E-state index is 5.97. The molecule has 0 heterocycles. The van der Waals surface area contributed by atoms with E-state index >= 15 is 0 Å². The standard InChI is InChI=1S/C15H24ClNO3/c1-13(14-4-3-5-15(16)12-14)17-6-7-19-10-11-20-9-8-18-2/h3-5,12-13,17H,6-11H2,1-2H3. The summed E-state index contributed by atoms with van der Waals surface area (Å²) in [7, 11) is 1.66. The van der Waals surface area contributed by atoms with Gasteiger partial charge in [0.05, 0.1) is 33.0 Å². The molecule has 1 atom stereocenters. The maximum atomic E-state index is 5.97. The number of benzene rings is 1. The van der Waals surface area contributed by atoms with Crippen molar-refractivity contribution >= 4 is 11.6 Å². The van der Waals surface area contributed by atoms with Crippen molar-refractivity contribution in [3.8, 4) is 0 Å². The van der Waals surface area contributed by atoms with Gasteiger partial charge in [-0.25, -0.2) is 0 Å². The van der Waals surface area contributed by atoms with Crippen LogP contribution in [0.3, 0.4) is 0 Å². The molecule has 0 aliphatic rings. The van der Waals surface area contributed by atoms with Crippen molar-refractivity contribution in [1.29, 1.82) is 0 Å². The van der Waals surface area contributed by atoms with Crippen molar-refractivity contribution < 1.29 is 14.2 Å². The molecule has 0 fully saturated rings. The highest BCUT2D eigenvalue weighted by atomic mass is 35.5. The first-order valence-electron chi connectivity index (χ1n) is 6.87. The van der Waals surface area contributed by atoms with Crippen LogP contribution in [0.25, 0.3) is 0 Å². The minimum Gasteiger partial charge on any atom is -0.382 e. The van der Waals surface area contributed by atoms with E-state index in [0.717, 1.165) is 11.6 Å². The zero-order valence-electron chi connectivity index (χ0n) is 12.2. The van der Waals surface area contributed by atoms with Gasteiger partial charge in [0.15, 0.2) is 0 Å². The molecule has 5 heteroatoms. The molecule has 0 aliphatic carbocycles. The Morgan fingerprint density at radius 2 is 1.80 bits per heavy atom. The number of hydrogen-bond acceptors (Lipinski definition) is 4. The van der Waals surface area contributed by atoms with Gasteiger partial charge in [-0.3, -0.25) is 0 Å². The second-order valence-corrected chi connectivity index (χ2v) is 4.88. The first-order chi connectivity index (χ1) is 9.74. The van der Waals surface area contributed by atoms with E-state index < -0.39 is 0 Å². The van der Waals surface area contributed by atoms with Gasteiger partial charge in [0.25, 0.3) is 0 Å². The van der Waals surface area contributed by atoms with Crippen LogP contribution in [0.2, 0.25) is 5.02 Å². The topological polar surface area (TPSA) is 39.7 Å². The van der Waals surface area contributed by atoms with Crippen molar-refractivity contribution in [2.45, 2.75) is 13.0 Å². The Bertz CT molecular complexity index is 363. The van der Waals surface area contributed by atoms with Crippen LogP contribution in [0.15, 0.2) is 24.3 Å². The summed E-state index contributed by atoms with van der Waals surface area (Å²) >= 11 is 5.97. The van der Waals surface area contributed by atoms with E-state index in [2.05, 4.69) is 18.3 Å². The van der Waals surface area contributed by atoms with Gasteiger partial charge in [0, 0.05) is 24.7 Å². The molecular formula is C15H24ClNO3. The van der Waals surface area contributed by atoms with Crippen LogP contribution in [0.4, 0.5) is 0 Å². The number of halogens is 1. The molecule has 0 amide bonds. The fourth-order valence-corrected chi connectivity index (χ4v) is 1.90. The van der Waals surface area contributed by atoms with Crippen LogP contribution >= 0.6 is 11.6 Å². The van der Waals surface area contributed by atoms with E-state index in [4.69, 9.17) is 25.8 Å². The lowest BCUT2D eigenvalue weighted by Gasteiger charge is -2.14. The van der Waals surface area contributed by atoms with Gasteiger partial charge < -0.3 is 19.5 Å². The number of hydrogen-bond donors (Lipinski definition) is 1. The quantitative estimate of drug-likeness (QED) is 0.638. The molecule has 0 saturated heterocycles. The van der Waals surface area contributed by atoms with Crippen molar-refractivity contribution in [3.05, 3.63) is 34.9 Å². The van der Waals surface area contributed by atoms with Crippen molar-refractivity contribution in [1.82, 2.24) is 5.32 Å². The molecular weight excluding hydrogens is 278 g/mol. The van der Waals surface area contributed by atoms with Gasteiger partial charge >= 0.3 is 0 Å². The third-order valence-corrected chi connectivity index (χ3v) is 3.08. The number of nitrogens with one attached hydrogen (secondary N) is 1. The molecule has 114 valence electrons. The van der Waals surface area contributed by atoms with Gasteiger partial charge in [0.2, 0.25) is 0 Å². The van der Waals surface area contributed by atoms with Gasteiger partial charge in [-0.15, -0.1) is 0 Å². The molecule has 0 aliphatic heterocycles. The zero-order chi connectivity index (χ0) is 14.6. The molecule has 1 aromatic rings. The number of ether oxygens (including phenoxy) is 3. The molecule has 0 bridgehead atoms. The average Bonchev–Trinajstić information content (AvgIpc) is 2.45. The Morgan fingerprint density at radius 3 is 2.50 bits per heavy atom. The Hall–Kier alpha value is -0.650. The van der Waals surface area contributed by atoms with E-state index in [-0.39, 0.29) is 6.04 Å². The fourth-order valence-electron chi connectivity index (χ4n) is 1.71. The van der Waals surface area contributed by atoms with Gasteiger partial charge in [-0.2, -0.15) is 0 Å². The van der Waals surface area contributed by atoms with Crippen molar-refractivity contribution in [2.24, 2.45) is 0 Å². The Labute approximate surface area is 126 Å². The highest BCUT2D eigenvalue weighted by Crippen LogP contribution is 2.16. The summed E-state index contributed by atoms with van der Waals surface area (Å²) < 4.78 is 15.6. The largest absolute Gasteiger partial charge is 0.382 e. The van der Waals surface area contributed by atoms with Gasteiger partial charge in [-0.1, -0.05) is 23.7 Å². The normalized spacial score (nSPS) is 12.6. The smallest absolute Gasteiger partial charge is 0.0701 e. The first kappa shape index (κ1) is 17.4. The summed E-state index contributed by atoms with van der Waals surface area (Å²) in [5, 5.41) is 4.16. The summed E-state index contributed by atoms with van der Waals surface area (Å²) in [6.45, 7) is 6.02. The summed E-state index contributed by atoms with van der Waals surface area (Å²) in [4.78, 5) is 0. The zero-order valence-corrected chi connectivity index (χ0v) is 13.0. The van der Waals surface area contributed by atoms with Crippen LogP contribution in [-0.4, -0.2) is 46.7 Å². The first-order valence-corrected chi connectivity index (χ1v) is 7.25. The van der Waals surface area contributed by atoms with Crippen LogP contribution in [0, 0.1) is 0 Å². The lowest BCUT2D eigenvalue weighted by molar-refractivity contribution is 0.0253. The highest BCUT2D eigenvalue weighted by molar-refractivity contribution is 6.30. The van der Waals surface area contributed by atoms with E-state index in [0.29, 0.717) is 33.0 Å². The third kappa shape index (κ3) is 7.82. The minimum atomic E-state index is 0.259. The second kappa shape index (κ2) is 11.1. The van der Waals surface area contributed by atoms with Crippen LogP contribution in [0.1, 0.15) is 18.5 Å². The van der Waals surface area contributed by atoms with E-state index in [9.17, 15) is 0 Å². The highest BCUT2D eigenvalue weighted by Gasteiger charge is 2.04. The molecule has 0 aromatic heterocycles. The molecule has 0 radical (unpaired) electrons. The lowest BCUT2D eigenvalue weighted by atomic mass is 10.1. The van der Waals surface area contributed by atoms with Crippen molar-refractivity contribution in [2.75, 3.05) is 46.7 Å². The Kier molecular flexibility index (Phi) is 9.62. The van der Waals surface area contributed by atoms with Crippen LogP contribution in [-0.2, 0) is 14.2 Å². The average molecular weight is 302 g/mol. The molecule has 1 N–H and O–H groups in total. The summed E-state index contributed by atoms with van der Waals surface area (Å²) in [5.74, 6) is 0. The lowest BCUT2D eigenvalue weighted by Crippen LogP contribution is -2.24. The Morgan fingerprint density at radius 1 is 1.10 bits per heavy atom. The van der Waals surface area contributed by atoms with E-state index in [1.165, 1.54) is 5.56 Å². The molecule has 20 heavy (non-hydrogen) atoms. The van der Waals surface area contributed by atoms with E-state index in [1.54, 1.807) is 7.11 Å². The minimum absolute atomic E-state index is 0.259. The maximum Gasteiger partial charge on any atom is 0.0701 e. The number of rotatable bonds is 11. The summed E-state index contributed by atoms with van der Waals surface area (Å²) in [5.41, 5.74) is 1.18. The molecule has 1 rings (SSSR count). The van der Waals surface area contributed by atoms with E-state index in [1.807, 2.05) is 18.2 Å². The summed E-state index contributed by atoms with van der Waals surface area (Å²) in [6.07, 6.45) is 0. The third-order valence-electron chi connectivity index (χ3n) is 2.85. The SMILES string of the molecule is COCCOCCOCCNC(C)c1cccc(Cl)c1. The molecule has 0 spiro atoms. The molecule has 4 nitrogen and oxygen atoms in total. The van der Waals surface area contributed by atoms with Gasteiger partial charge in [-0.05, 0) is 24.6 Å². The van der Waals surface area contributed by atoms with Crippen molar-refractivity contribution in [3.63, 3.8) is 0 Å². The second-order valence-electron chi connectivity index (χ2n) is 4.45. The molecule has 1 aromatic carbocycles. The summed E-state index contributed by atoms with van der Waals surface area (Å²) in [6, 6.07) is 8.14. The molecule has 0 saturated carbocycles.